The van der Waals surface area contributed by atoms with Crippen LogP contribution in [0.3, 0.4) is 0 Å². The molecule has 0 aliphatic carbocycles. The molecule has 1 aromatic rings. The third kappa shape index (κ3) is 3.26. The van der Waals surface area contributed by atoms with Gasteiger partial charge >= 0.3 is 12.1 Å². The Labute approximate surface area is 81.4 Å². The normalized spacial score (nSPS) is 9.21. The van der Waals surface area contributed by atoms with Gasteiger partial charge in [0.1, 0.15) is 5.75 Å². The number of carbonyl (C=O) groups is 2. The molecule has 0 N–H and O–H groups in total. The Balaban J connectivity index is 2.46. The summed E-state index contributed by atoms with van der Waals surface area (Å²) in [6, 6.07) is 8.40. The maximum Gasteiger partial charge on any atom is 0.521 e. The second kappa shape index (κ2) is 5.01. The van der Waals surface area contributed by atoms with E-state index in [-0.39, 0.29) is 6.42 Å². The summed E-state index contributed by atoms with van der Waals surface area (Å²) in [5.74, 6) is -0.257. The highest BCUT2D eigenvalue weighted by Gasteiger charge is 2.10. The topological polar surface area (TPSA) is 52.6 Å². The summed E-state index contributed by atoms with van der Waals surface area (Å²) in [7, 11) is 0. The predicted molar refractivity (Wildman–Crippen MR) is 48.8 cm³/mol. The van der Waals surface area contributed by atoms with Crippen LogP contribution in [0.1, 0.15) is 13.3 Å². The largest absolute Gasteiger partial charge is 0.521 e. The summed E-state index contributed by atoms with van der Waals surface area (Å²) in [6.07, 6.45) is -0.854. The molecule has 0 radical (unpaired) electrons. The standard InChI is InChI=1S/C10H10O4/c1-2-9(11)14-10(12)13-8-6-4-3-5-7-8/h3-7H,2H2,1H3. The fourth-order valence-corrected chi connectivity index (χ4v) is 0.771. The molecule has 0 amide bonds. The summed E-state index contributed by atoms with van der Waals surface area (Å²) in [5, 5.41) is 0. The molecule has 74 valence electrons. The van der Waals surface area contributed by atoms with Crippen LogP contribution in [0.2, 0.25) is 0 Å². The molecule has 0 saturated carbocycles. The lowest BCUT2D eigenvalue weighted by Gasteiger charge is -2.02. The first kappa shape index (κ1) is 10.2. The molecule has 1 rings (SSSR count). The smallest absolute Gasteiger partial charge is 0.395 e. The molecule has 0 aliphatic rings. The third-order valence-corrected chi connectivity index (χ3v) is 1.43. The fraction of sp³-hybridized carbons (Fsp3) is 0.200. The van der Waals surface area contributed by atoms with Crippen molar-refractivity contribution in [3.63, 3.8) is 0 Å². The van der Waals surface area contributed by atoms with Crippen molar-refractivity contribution in [3.05, 3.63) is 30.3 Å². The SMILES string of the molecule is CCC(=O)OC(=O)Oc1ccccc1. The van der Waals surface area contributed by atoms with Crippen LogP contribution in [0.15, 0.2) is 30.3 Å². The minimum Gasteiger partial charge on any atom is -0.395 e. The van der Waals surface area contributed by atoms with Crippen LogP contribution >= 0.6 is 0 Å². The number of benzene rings is 1. The van der Waals surface area contributed by atoms with E-state index in [0.717, 1.165) is 0 Å². The molecule has 4 nitrogen and oxygen atoms in total. The number of carbonyl (C=O) groups excluding carboxylic acids is 2. The van der Waals surface area contributed by atoms with E-state index >= 15 is 0 Å². The first-order valence-electron chi connectivity index (χ1n) is 4.20. The van der Waals surface area contributed by atoms with Gasteiger partial charge in [-0.15, -0.1) is 0 Å². The van der Waals surface area contributed by atoms with Crippen molar-refractivity contribution in [2.75, 3.05) is 0 Å². The highest BCUT2D eigenvalue weighted by molar-refractivity contribution is 5.82. The first-order valence-corrected chi connectivity index (χ1v) is 4.20. The first-order chi connectivity index (χ1) is 6.72. The summed E-state index contributed by atoms with van der Waals surface area (Å²) < 4.78 is 9.01. The van der Waals surface area contributed by atoms with Gasteiger partial charge in [-0.1, -0.05) is 25.1 Å². The molecule has 0 aliphatic heterocycles. The van der Waals surface area contributed by atoms with Crippen molar-refractivity contribution in [3.8, 4) is 5.75 Å². The Morgan fingerprint density at radius 3 is 2.43 bits per heavy atom. The maximum atomic E-state index is 10.9. The van der Waals surface area contributed by atoms with Gasteiger partial charge in [-0.3, -0.25) is 4.79 Å². The number of rotatable bonds is 2. The second-order valence-corrected chi connectivity index (χ2v) is 2.49. The molecule has 4 heteroatoms. The van der Waals surface area contributed by atoms with Crippen molar-refractivity contribution >= 4 is 12.1 Å². The Bertz CT molecular complexity index is 318. The molecular weight excluding hydrogens is 184 g/mol. The Hall–Kier alpha value is -1.84. The quantitative estimate of drug-likeness (QED) is 0.411. The number of hydrogen-bond donors (Lipinski definition) is 0. The van der Waals surface area contributed by atoms with Crippen LogP contribution in [0, 0.1) is 0 Å². The molecule has 1 aromatic carbocycles. The molecule has 0 unspecified atom stereocenters. The molecule has 0 saturated heterocycles. The van der Waals surface area contributed by atoms with Gasteiger partial charge in [0.15, 0.2) is 0 Å². The van der Waals surface area contributed by atoms with Crippen LogP contribution in [0.4, 0.5) is 4.79 Å². The number of ether oxygens (including phenoxy) is 2. The lowest BCUT2D eigenvalue weighted by Crippen LogP contribution is -2.15. The zero-order valence-corrected chi connectivity index (χ0v) is 7.73. The highest BCUT2D eigenvalue weighted by Crippen LogP contribution is 2.09. The van der Waals surface area contributed by atoms with E-state index in [0.29, 0.717) is 5.75 Å². The third-order valence-electron chi connectivity index (χ3n) is 1.43. The van der Waals surface area contributed by atoms with Gasteiger partial charge < -0.3 is 9.47 Å². The Morgan fingerprint density at radius 2 is 1.86 bits per heavy atom. The number of hydrogen-bond acceptors (Lipinski definition) is 4. The maximum absolute atomic E-state index is 10.9. The Morgan fingerprint density at radius 1 is 1.21 bits per heavy atom. The van der Waals surface area contributed by atoms with E-state index in [1.54, 1.807) is 37.3 Å². The van der Waals surface area contributed by atoms with E-state index in [1.807, 2.05) is 0 Å². The van der Waals surface area contributed by atoms with Crippen molar-refractivity contribution in [2.24, 2.45) is 0 Å². The summed E-state index contributed by atoms with van der Waals surface area (Å²) in [6.45, 7) is 1.60. The van der Waals surface area contributed by atoms with E-state index < -0.39 is 12.1 Å². The summed E-state index contributed by atoms with van der Waals surface area (Å²) in [4.78, 5) is 21.6. The van der Waals surface area contributed by atoms with E-state index in [1.165, 1.54) is 0 Å². The van der Waals surface area contributed by atoms with Gasteiger partial charge in [0.25, 0.3) is 0 Å². The highest BCUT2D eigenvalue weighted by atomic mass is 16.7. The van der Waals surface area contributed by atoms with Crippen LogP contribution in [-0.2, 0) is 9.53 Å². The lowest BCUT2D eigenvalue weighted by molar-refractivity contribution is -0.138. The minimum atomic E-state index is -0.997. The molecule has 0 atom stereocenters. The second-order valence-electron chi connectivity index (χ2n) is 2.49. The van der Waals surface area contributed by atoms with E-state index in [4.69, 9.17) is 4.74 Å². The lowest BCUT2D eigenvalue weighted by atomic mass is 10.3. The van der Waals surface area contributed by atoms with Gasteiger partial charge in [0, 0.05) is 6.42 Å². The fourth-order valence-electron chi connectivity index (χ4n) is 0.771. The molecule has 0 aromatic heterocycles. The molecule has 0 spiro atoms. The molecule has 14 heavy (non-hydrogen) atoms. The average molecular weight is 194 g/mol. The predicted octanol–water partition coefficient (Wildman–Crippen LogP) is 2.14. The van der Waals surface area contributed by atoms with Gasteiger partial charge in [-0.25, -0.2) is 4.79 Å². The molecular formula is C10H10O4. The van der Waals surface area contributed by atoms with Gasteiger partial charge in [0.05, 0.1) is 0 Å². The van der Waals surface area contributed by atoms with Crippen LogP contribution in [0.25, 0.3) is 0 Å². The van der Waals surface area contributed by atoms with Crippen LogP contribution < -0.4 is 4.74 Å². The summed E-state index contributed by atoms with van der Waals surface area (Å²) >= 11 is 0. The molecule has 0 heterocycles. The van der Waals surface area contributed by atoms with Crippen molar-refractivity contribution in [1.82, 2.24) is 0 Å². The minimum absolute atomic E-state index is 0.143. The molecule has 0 bridgehead atoms. The average Bonchev–Trinajstić information content (AvgIpc) is 2.19. The number of para-hydroxylation sites is 1. The van der Waals surface area contributed by atoms with Crippen molar-refractivity contribution < 1.29 is 19.1 Å². The van der Waals surface area contributed by atoms with E-state index in [2.05, 4.69) is 4.74 Å². The Kier molecular flexibility index (Phi) is 3.67. The van der Waals surface area contributed by atoms with Crippen molar-refractivity contribution in [2.45, 2.75) is 13.3 Å². The van der Waals surface area contributed by atoms with Crippen molar-refractivity contribution in [1.29, 1.82) is 0 Å². The zero-order chi connectivity index (χ0) is 10.4. The van der Waals surface area contributed by atoms with Gasteiger partial charge in [0.2, 0.25) is 0 Å². The van der Waals surface area contributed by atoms with E-state index in [9.17, 15) is 9.59 Å². The van der Waals surface area contributed by atoms with Gasteiger partial charge in [-0.05, 0) is 12.1 Å². The summed E-state index contributed by atoms with van der Waals surface area (Å²) in [5.41, 5.74) is 0. The van der Waals surface area contributed by atoms with Gasteiger partial charge in [-0.2, -0.15) is 0 Å². The number of esters is 1. The van der Waals surface area contributed by atoms with Crippen LogP contribution in [-0.4, -0.2) is 12.1 Å². The van der Waals surface area contributed by atoms with Crippen LogP contribution in [0.5, 0.6) is 5.75 Å². The zero-order valence-electron chi connectivity index (χ0n) is 7.73. The monoisotopic (exact) mass is 194 g/mol. The molecule has 0 fully saturated rings.